The van der Waals surface area contributed by atoms with Gasteiger partial charge in [0.1, 0.15) is 11.3 Å². The van der Waals surface area contributed by atoms with Crippen LogP contribution < -0.4 is 15.7 Å². The lowest BCUT2D eigenvalue weighted by atomic mass is 9.91. The second-order valence-electron chi connectivity index (χ2n) is 8.32. The van der Waals surface area contributed by atoms with E-state index in [1.54, 1.807) is 13.0 Å². The summed E-state index contributed by atoms with van der Waals surface area (Å²) < 4.78 is 11.4. The number of fused-ring (bicyclic) bond motifs is 3. The van der Waals surface area contributed by atoms with Crippen LogP contribution in [-0.2, 0) is 17.6 Å². The van der Waals surface area contributed by atoms with Crippen LogP contribution in [0.4, 0.5) is 0 Å². The largest absolute Gasteiger partial charge is 0.481 e. The van der Waals surface area contributed by atoms with E-state index in [0.717, 1.165) is 68.1 Å². The van der Waals surface area contributed by atoms with Crippen molar-refractivity contribution in [3.8, 4) is 5.75 Å². The lowest BCUT2D eigenvalue weighted by Gasteiger charge is -2.32. The molecule has 1 unspecified atom stereocenters. The van der Waals surface area contributed by atoms with Gasteiger partial charge >= 0.3 is 5.63 Å². The Morgan fingerprint density at radius 1 is 1.27 bits per heavy atom. The van der Waals surface area contributed by atoms with Crippen molar-refractivity contribution in [2.75, 3.05) is 26.2 Å². The summed E-state index contributed by atoms with van der Waals surface area (Å²) in [7, 11) is 0. The number of benzene rings is 1. The van der Waals surface area contributed by atoms with Gasteiger partial charge in [-0.3, -0.25) is 4.79 Å². The Morgan fingerprint density at radius 2 is 2.00 bits per heavy atom. The molecular formula is C23H30N2O5. The molecule has 30 heavy (non-hydrogen) atoms. The molecule has 0 saturated carbocycles. The van der Waals surface area contributed by atoms with E-state index in [-0.39, 0.29) is 24.2 Å². The molecule has 4 rings (SSSR count). The fourth-order valence-corrected chi connectivity index (χ4v) is 4.52. The summed E-state index contributed by atoms with van der Waals surface area (Å²) in [5, 5.41) is 13.1. The quantitative estimate of drug-likeness (QED) is 0.703. The van der Waals surface area contributed by atoms with Crippen LogP contribution in [0.3, 0.4) is 0 Å². The predicted molar refractivity (Wildman–Crippen MR) is 114 cm³/mol. The van der Waals surface area contributed by atoms with E-state index in [0.29, 0.717) is 17.9 Å². The maximum atomic E-state index is 12.6. The van der Waals surface area contributed by atoms with Crippen LogP contribution in [0.5, 0.6) is 5.75 Å². The number of nitrogens with one attached hydrogen (secondary N) is 1. The molecule has 1 aromatic heterocycles. The maximum Gasteiger partial charge on any atom is 0.339 e. The van der Waals surface area contributed by atoms with Gasteiger partial charge in [-0.1, -0.05) is 0 Å². The molecule has 1 amide bonds. The zero-order valence-electron chi connectivity index (χ0n) is 17.5. The molecule has 2 N–H and O–H groups in total. The lowest BCUT2D eigenvalue weighted by molar-refractivity contribution is -0.128. The van der Waals surface area contributed by atoms with Crippen LogP contribution in [-0.4, -0.2) is 54.3 Å². The van der Waals surface area contributed by atoms with Crippen molar-refractivity contribution >= 4 is 16.9 Å². The first-order valence-corrected chi connectivity index (χ1v) is 10.9. The highest BCUT2D eigenvalue weighted by Crippen LogP contribution is 2.29. The summed E-state index contributed by atoms with van der Waals surface area (Å²) in [6.07, 6.45) is 4.87. The molecule has 7 nitrogen and oxygen atoms in total. The van der Waals surface area contributed by atoms with Gasteiger partial charge in [0.25, 0.3) is 5.91 Å². The number of hydrogen-bond donors (Lipinski definition) is 2. The third-order valence-corrected chi connectivity index (χ3v) is 6.23. The average molecular weight is 415 g/mol. The number of likely N-dealkylation sites (tertiary alicyclic amines) is 1. The van der Waals surface area contributed by atoms with Crippen LogP contribution >= 0.6 is 0 Å². The van der Waals surface area contributed by atoms with Gasteiger partial charge in [-0.25, -0.2) is 4.79 Å². The zero-order chi connectivity index (χ0) is 21.1. The molecule has 2 aromatic rings. The molecule has 7 heteroatoms. The van der Waals surface area contributed by atoms with Crippen molar-refractivity contribution < 1.29 is 19.1 Å². The smallest absolute Gasteiger partial charge is 0.339 e. The Kier molecular flexibility index (Phi) is 6.39. The second kappa shape index (κ2) is 9.18. The van der Waals surface area contributed by atoms with E-state index in [1.807, 2.05) is 12.1 Å². The van der Waals surface area contributed by atoms with Crippen molar-refractivity contribution in [3.05, 3.63) is 39.7 Å². The number of hydrogen-bond acceptors (Lipinski definition) is 6. The Balaban J connectivity index is 1.40. The number of piperidine rings is 1. The lowest BCUT2D eigenvalue weighted by Crippen LogP contribution is -2.48. The number of carbonyl (C=O) groups is 1. The first kappa shape index (κ1) is 20.9. The van der Waals surface area contributed by atoms with Crippen LogP contribution in [0.25, 0.3) is 11.0 Å². The van der Waals surface area contributed by atoms with Crippen molar-refractivity contribution in [2.45, 2.75) is 57.6 Å². The number of ether oxygens (including phenoxy) is 1. The Hall–Kier alpha value is -2.38. The van der Waals surface area contributed by atoms with Gasteiger partial charge in [0.2, 0.25) is 0 Å². The summed E-state index contributed by atoms with van der Waals surface area (Å²) in [6, 6.07) is 5.61. The minimum atomic E-state index is -0.651. The highest BCUT2D eigenvalue weighted by atomic mass is 16.5. The highest BCUT2D eigenvalue weighted by Gasteiger charge is 2.24. The van der Waals surface area contributed by atoms with Crippen LogP contribution in [0, 0.1) is 0 Å². The predicted octanol–water partition coefficient (Wildman–Crippen LogP) is 2.01. The summed E-state index contributed by atoms with van der Waals surface area (Å²) in [5.41, 5.74) is 2.16. The van der Waals surface area contributed by atoms with Gasteiger partial charge in [0, 0.05) is 42.7 Å². The third-order valence-electron chi connectivity index (χ3n) is 6.23. The number of aliphatic hydroxyl groups excluding tert-OH is 1. The number of carbonyl (C=O) groups excluding carboxylic acids is 1. The summed E-state index contributed by atoms with van der Waals surface area (Å²) in [6.45, 7) is 4.31. The second-order valence-corrected chi connectivity index (χ2v) is 8.32. The Morgan fingerprint density at radius 3 is 2.73 bits per heavy atom. The first-order chi connectivity index (χ1) is 14.5. The molecule has 0 radical (unpaired) electrons. The van der Waals surface area contributed by atoms with Gasteiger partial charge in [-0.05, 0) is 63.1 Å². The van der Waals surface area contributed by atoms with E-state index in [4.69, 9.17) is 14.3 Å². The van der Waals surface area contributed by atoms with Crippen molar-refractivity contribution in [1.82, 2.24) is 10.2 Å². The molecule has 0 bridgehead atoms. The monoisotopic (exact) mass is 414 g/mol. The SMILES string of the molecule is CC(Oc1ccc2c3c(c(=O)oc2c1)CCCC3)C(=O)NC1CCN(CCO)CC1. The minimum absolute atomic E-state index is 0.125. The fourth-order valence-electron chi connectivity index (χ4n) is 4.52. The molecule has 0 spiro atoms. The molecule has 2 aliphatic rings. The van der Waals surface area contributed by atoms with Gasteiger partial charge in [0.05, 0.1) is 6.61 Å². The van der Waals surface area contributed by atoms with Gasteiger partial charge < -0.3 is 24.5 Å². The third kappa shape index (κ3) is 4.52. The molecule has 2 heterocycles. The number of rotatable bonds is 6. The van der Waals surface area contributed by atoms with Crippen molar-refractivity contribution in [1.29, 1.82) is 0 Å². The van der Waals surface area contributed by atoms with Crippen molar-refractivity contribution in [3.63, 3.8) is 0 Å². The van der Waals surface area contributed by atoms with Gasteiger partial charge in [-0.15, -0.1) is 0 Å². The first-order valence-electron chi connectivity index (χ1n) is 10.9. The Labute approximate surface area is 176 Å². The molecule has 162 valence electrons. The van der Waals surface area contributed by atoms with E-state index in [1.165, 1.54) is 0 Å². The highest BCUT2D eigenvalue weighted by molar-refractivity contribution is 5.84. The molecule has 1 aliphatic heterocycles. The minimum Gasteiger partial charge on any atom is -0.481 e. The van der Waals surface area contributed by atoms with Crippen LogP contribution in [0.2, 0.25) is 0 Å². The molecule has 1 fully saturated rings. The maximum absolute atomic E-state index is 12.6. The van der Waals surface area contributed by atoms with Crippen LogP contribution in [0.15, 0.2) is 27.4 Å². The van der Waals surface area contributed by atoms with E-state index in [2.05, 4.69) is 10.2 Å². The summed E-state index contributed by atoms with van der Waals surface area (Å²) in [4.78, 5) is 27.1. The van der Waals surface area contributed by atoms with E-state index in [9.17, 15) is 9.59 Å². The molecular weight excluding hydrogens is 384 g/mol. The number of β-amino-alcohol motifs (C(OH)–C–C–N with tert-alkyl or cyclic N) is 1. The summed E-state index contributed by atoms with van der Waals surface area (Å²) in [5.74, 6) is 0.365. The van der Waals surface area contributed by atoms with Crippen LogP contribution in [0.1, 0.15) is 43.7 Å². The number of nitrogens with zero attached hydrogens (tertiary/aromatic N) is 1. The number of aryl methyl sites for hydroxylation is 1. The van der Waals surface area contributed by atoms with E-state index < -0.39 is 6.10 Å². The van der Waals surface area contributed by atoms with E-state index >= 15 is 0 Å². The fraction of sp³-hybridized carbons (Fsp3) is 0.565. The molecule has 1 aliphatic carbocycles. The molecule has 1 saturated heterocycles. The average Bonchev–Trinajstić information content (AvgIpc) is 2.75. The topological polar surface area (TPSA) is 92.0 Å². The van der Waals surface area contributed by atoms with Gasteiger partial charge in [-0.2, -0.15) is 0 Å². The number of amides is 1. The van der Waals surface area contributed by atoms with Gasteiger partial charge in [0.15, 0.2) is 6.10 Å². The number of aliphatic hydroxyl groups is 1. The zero-order valence-corrected chi connectivity index (χ0v) is 17.5. The molecule has 1 atom stereocenters. The normalized spacial score (nSPS) is 18.7. The standard InChI is InChI=1S/C23H30N2O5/c1-15(22(27)24-16-8-10-25(11-9-16)12-13-26)29-17-6-7-19-18-4-2-3-5-20(18)23(28)30-21(19)14-17/h6-7,14-16,26H,2-5,8-13H2,1H3,(H,24,27). The molecule has 1 aromatic carbocycles. The Bertz CT molecular complexity index is 962. The summed E-state index contributed by atoms with van der Waals surface area (Å²) >= 11 is 0. The van der Waals surface area contributed by atoms with Crippen molar-refractivity contribution in [2.24, 2.45) is 0 Å².